The Labute approximate surface area is 92.5 Å². The molecular formula is C9H12N3Sn. The molecule has 0 N–H and O–H groups in total. The fourth-order valence-electron chi connectivity index (χ4n) is 0.501. The summed E-state index contributed by atoms with van der Waals surface area (Å²) in [5, 5.41) is 8.38. The van der Waals surface area contributed by atoms with Crippen LogP contribution in [0.15, 0.2) is 18.5 Å². The molecule has 0 spiro atoms. The second-order valence-electron chi connectivity index (χ2n) is 2.92. The first-order valence-electron chi connectivity index (χ1n) is 3.74. The zero-order valence-corrected chi connectivity index (χ0v) is 10.9. The average molecular weight is 281 g/mol. The van der Waals surface area contributed by atoms with Crippen molar-refractivity contribution in [3.05, 3.63) is 24.0 Å². The summed E-state index contributed by atoms with van der Waals surface area (Å²) in [5.74, 6) is 0. The molecule has 1 rings (SSSR count). The summed E-state index contributed by atoms with van der Waals surface area (Å²) in [5.41, 5.74) is 0.643. The SMILES string of the molecule is CN(C)C.N#Cc1cnc[c]([Sn])c1. The minimum atomic E-state index is 0.643. The predicted octanol–water partition coefficient (Wildman–Crippen LogP) is -0.0751. The van der Waals surface area contributed by atoms with E-state index < -0.39 is 0 Å². The molecule has 0 aliphatic heterocycles. The van der Waals surface area contributed by atoms with Gasteiger partial charge in [0.15, 0.2) is 0 Å². The molecule has 3 radical (unpaired) electrons. The normalized spacial score (nSPS) is 8.62. The van der Waals surface area contributed by atoms with Gasteiger partial charge in [0, 0.05) is 0 Å². The van der Waals surface area contributed by atoms with E-state index in [2.05, 4.69) is 4.98 Å². The van der Waals surface area contributed by atoms with Crippen molar-refractivity contribution in [1.82, 2.24) is 9.88 Å². The van der Waals surface area contributed by atoms with Gasteiger partial charge in [-0.3, -0.25) is 0 Å². The fourth-order valence-corrected chi connectivity index (χ4v) is 1.16. The molecular weight excluding hydrogens is 269 g/mol. The molecule has 4 heteroatoms. The van der Waals surface area contributed by atoms with Crippen molar-refractivity contribution in [3.8, 4) is 6.07 Å². The molecule has 0 aliphatic carbocycles. The third-order valence-electron chi connectivity index (χ3n) is 0.867. The van der Waals surface area contributed by atoms with Gasteiger partial charge in [-0.1, -0.05) is 0 Å². The first-order valence-corrected chi connectivity index (χ1v) is 5.16. The van der Waals surface area contributed by atoms with Crippen LogP contribution in [0.1, 0.15) is 5.56 Å². The molecule has 0 atom stereocenters. The molecule has 67 valence electrons. The van der Waals surface area contributed by atoms with Crippen molar-refractivity contribution in [1.29, 1.82) is 5.26 Å². The summed E-state index contributed by atoms with van der Waals surface area (Å²) < 4.78 is 1.11. The minimum absolute atomic E-state index is 0.643. The van der Waals surface area contributed by atoms with Gasteiger partial charge in [0.25, 0.3) is 0 Å². The summed E-state index contributed by atoms with van der Waals surface area (Å²) in [6.45, 7) is 0. The summed E-state index contributed by atoms with van der Waals surface area (Å²) in [6.07, 6.45) is 3.33. The van der Waals surface area contributed by atoms with Gasteiger partial charge < -0.3 is 4.90 Å². The number of nitriles is 1. The third-order valence-corrected chi connectivity index (χ3v) is 1.65. The topological polar surface area (TPSA) is 39.9 Å². The second kappa shape index (κ2) is 6.87. The van der Waals surface area contributed by atoms with E-state index >= 15 is 0 Å². The molecule has 0 aromatic carbocycles. The Bertz CT molecular complexity index is 288. The van der Waals surface area contributed by atoms with Crippen molar-refractivity contribution in [2.24, 2.45) is 0 Å². The number of pyridine rings is 1. The van der Waals surface area contributed by atoms with Crippen molar-refractivity contribution in [2.75, 3.05) is 21.1 Å². The molecule has 0 unspecified atom stereocenters. The van der Waals surface area contributed by atoms with E-state index in [1.54, 1.807) is 12.4 Å². The molecule has 1 aromatic heterocycles. The van der Waals surface area contributed by atoms with Crippen LogP contribution in [0, 0.1) is 11.3 Å². The summed E-state index contributed by atoms with van der Waals surface area (Å²) in [7, 11) is 6.00. The second-order valence-corrected chi connectivity index (χ2v) is 4.56. The van der Waals surface area contributed by atoms with Crippen molar-refractivity contribution in [2.45, 2.75) is 0 Å². The Balaban J connectivity index is 0.000000310. The van der Waals surface area contributed by atoms with Crippen LogP contribution in [0.3, 0.4) is 0 Å². The Morgan fingerprint density at radius 3 is 2.23 bits per heavy atom. The predicted molar refractivity (Wildman–Crippen MR) is 54.0 cm³/mol. The molecule has 1 aromatic rings. The first-order chi connectivity index (χ1) is 6.06. The van der Waals surface area contributed by atoms with E-state index in [0.29, 0.717) is 5.56 Å². The fraction of sp³-hybridized carbons (Fsp3) is 0.333. The van der Waals surface area contributed by atoms with Crippen LogP contribution < -0.4 is 3.58 Å². The Morgan fingerprint density at radius 1 is 1.38 bits per heavy atom. The van der Waals surface area contributed by atoms with E-state index in [0.717, 1.165) is 3.58 Å². The Kier molecular flexibility index (Phi) is 6.55. The molecule has 3 nitrogen and oxygen atoms in total. The van der Waals surface area contributed by atoms with Crippen LogP contribution in [0.5, 0.6) is 0 Å². The number of hydrogen-bond donors (Lipinski definition) is 0. The van der Waals surface area contributed by atoms with E-state index in [-0.39, 0.29) is 0 Å². The van der Waals surface area contributed by atoms with Gasteiger partial charge in [0.2, 0.25) is 0 Å². The quantitative estimate of drug-likeness (QED) is 0.625. The van der Waals surface area contributed by atoms with Crippen molar-refractivity contribution < 1.29 is 0 Å². The molecule has 0 fully saturated rings. The molecule has 0 saturated heterocycles. The summed E-state index contributed by atoms with van der Waals surface area (Å²) >= 11 is 1.30. The molecule has 1 heterocycles. The maximum atomic E-state index is 8.38. The molecule has 0 amide bonds. The number of aromatic nitrogens is 1. The zero-order chi connectivity index (χ0) is 10.3. The van der Waals surface area contributed by atoms with Crippen LogP contribution in [-0.2, 0) is 0 Å². The van der Waals surface area contributed by atoms with Crippen molar-refractivity contribution >= 4 is 26.1 Å². The van der Waals surface area contributed by atoms with Gasteiger partial charge in [-0.2, -0.15) is 0 Å². The van der Waals surface area contributed by atoms with Crippen LogP contribution in [0.25, 0.3) is 0 Å². The maximum absolute atomic E-state index is 8.38. The third kappa shape index (κ3) is 7.75. The number of nitrogens with zero attached hydrogens (tertiary/aromatic N) is 3. The Hall–Kier alpha value is -0.601. The first kappa shape index (κ1) is 12.4. The Morgan fingerprint density at radius 2 is 1.92 bits per heavy atom. The average Bonchev–Trinajstić information content (AvgIpc) is 2.03. The zero-order valence-electron chi connectivity index (χ0n) is 8.07. The van der Waals surface area contributed by atoms with Gasteiger partial charge in [-0.05, 0) is 21.1 Å². The van der Waals surface area contributed by atoms with E-state index in [9.17, 15) is 0 Å². The van der Waals surface area contributed by atoms with Gasteiger partial charge in [0.05, 0.1) is 0 Å². The van der Waals surface area contributed by atoms with Crippen LogP contribution in [0.2, 0.25) is 0 Å². The van der Waals surface area contributed by atoms with Gasteiger partial charge in [-0.25, -0.2) is 0 Å². The van der Waals surface area contributed by atoms with Crippen LogP contribution in [0.4, 0.5) is 0 Å². The van der Waals surface area contributed by atoms with E-state index in [1.807, 2.05) is 38.2 Å². The molecule has 0 aliphatic rings. The summed E-state index contributed by atoms with van der Waals surface area (Å²) in [4.78, 5) is 5.86. The molecule has 13 heavy (non-hydrogen) atoms. The van der Waals surface area contributed by atoms with E-state index in [1.165, 1.54) is 22.5 Å². The van der Waals surface area contributed by atoms with Gasteiger partial charge in [-0.15, -0.1) is 0 Å². The van der Waals surface area contributed by atoms with Gasteiger partial charge >= 0.3 is 66.4 Å². The molecule has 0 bridgehead atoms. The van der Waals surface area contributed by atoms with Crippen LogP contribution in [-0.4, -0.2) is 53.6 Å². The van der Waals surface area contributed by atoms with E-state index in [4.69, 9.17) is 5.26 Å². The van der Waals surface area contributed by atoms with Crippen molar-refractivity contribution in [3.63, 3.8) is 0 Å². The molecule has 0 saturated carbocycles. The number of rotatable bonds is 0. The summed E-state index contributed by atoms with van der Waals surface area (Å²) in [6, 6.07) is 3.86. The monoisotopic (exact) mass is 282 g/mol. The standard InChI is InChI=1S/C6H3N2.C3H9N.Sn/c7-4-6-2-1-3-8-5-6;1-4(2)3;/h2-3,5H;1-3H3;. The van der Waals surface area contributed by atoms with Crippen LogP contribution >= 0.6 is 0 Å². The number of hydrogen-bond acceptors (Lipinski definition) is 3. The van der Waals surface area contributed by atoms with Gasteiger partial charge in [0.1, 0.15) is 0 Å².